The SMILES string of the molecule is CC(=O)NCCNC(=O)C[C@@H](NC(C)=O)c1cccs1. The summed E-state index contributed by atoms with van der Waals surface area (Å²) in [4.78, 5) is 34.6. The minimum Gasteiger partial charge on any atom is -0.355 e. The molecule has 0 bridgehead atoms. The van der Waals surface area contributed by atoms with Gasteiger partial charge in [0.25, 0.3) is 0 Å². The molecule has 1 rings (SSSR count). The number of rotatable bonds is 7. The maximum atomic E-state index is 11.8. The molecule has 110 valence electrons. The van der Waals surface area contributed by atoms with Crippen molar-refractivity contribution < 1.29 is 14.4 Å². The van der Waals surface area contributed by atoms with E-state index in [1.165, 1.54) is 25.2 Å². The molecule has 1 heterocycles. The Morgan fingerprint density at radius 2 is 1.85 bits per heavy atom. The first-order valence-corrected chi connectivity index (χ1v) is 7.18. The van der Waals surface area contributed by atoms with Crippen LogP contribution in [0.2, 0.25) is 0 Å². The zero-order valence-electron chi connectivity index (χ0n) is 11.6. The Hall–Kier alpha value is -1.89. The topological polar surface area (TPSA) is 87.3 Å². The summed E-state index contributed by atoms with van der Waals surface area (Å²) in [6.45, 7) is 3.61. The average molecular weight is 297 g/mol. The second-order valence-electron chi connectivity index (χ2n) is 4.31. The summed E-state index contributed by atoms with van der Waals surface area (Å²) in [5.74, 6) is -0.467. The van der Waals surface area contributed by atoms with E-state index in [-0.39, 0.29) is 30.2 Å². The summed E-state index contributed by atoms with van der Waals surface area (Å²) >= 11 is 1.50. The van der Waals surface area contributed by atoms with Crippen LogP contribution in [-0.4, -0.2) is 30.8 Å². The molecule has 7 heteroatoms. The largest absolute Gasteiger partial charge is 0.355 e. The molecule has 3 N–H and O–H groups in total. The van der Waals surface area contributed by atoms with Gasteiger partial charge in [0.15, 0.2) is 0 Å². The summed E-state index contributed by atoms with van der Waals surface area (Å²) < 4.78 is 0. The van der Waals surface area contributed by atoms with Crippen LogP contribution in [0.15, 0.2) is 17.5 Å². The molecule has 1 aromatic rings. The van der Waals surface area contributed by atoms with E-state index < -0.39 is 0 Å². The van der Waals surface area contributed by atoms with Gasteiger partial charge in [-0.1, -0.05) is 6.07 Å². The fraction of sp³-hybridized carbons (Fsp3) is 0.462. The maximum absolute atomic E-state index is 11.8. The van der Waals surface area contributed by atoms with Gasteiger partial charge in [-0.05, 0) is 11.4 Å². The van der Waals surface area contributed by atoms with Crippen molar-refractivity contribution in [1.29, 1.82) is 0 Å². The highest BCUT2D eigenvalue weighted by Gasteiger charge is 2.17. The first-order chi connectivity index (χ1) is 9.49. The Balaban J connectivity index is 2.42. The summed E-state index contributed by atoms with van der Waals surface area (Å²) in [7, 11) is 0. The van der Waals surface area contributed by atoms with E-state index in [2.05, 4.69) is 16.0 Å². The van der Waals surface area contributed by atoms with Crippen molar-refractivity contribution in [3.63, 3.8) is 0 Å². The van der Waals surface area contributed by atoms with Gasteiger partial charge in [-0.15, -0.1) is 11.3 Å². The molecule has 0 saturated heterocycles. The van der Waals surface area contributed by atoms with Crippen LogP contribution in [0.5, 0.6) is 0 Å². The van der Waals surface area contributed by atoms with E-state index in [4.69, 9.17) is 0 Å². The van der Waals surface area contributed by atoms with Crippen LogP contribution >= 0.6 is 11.3 Å². The van der Waals surface area contributed by atoms with Crippen molar-refractivity contribution in [3.05, 3.63) is 22.4 Å². The lowest BCUT2D eigenvalue weighted by atomic mass is 10.1. The number of amides is 3. The number of nitrogens with one attached hydrogen (secondary N) is 3. The summed E-state index contributed by atoms with van der Waals surface area (Å²) in [5.41, 5.74) is 0. The van der Waals surface area contributed by atoms with E-state index in [9.17, 15) is 14.4 Å². The molecule has 3 amide bonds. The van der Waals surface area contributed by atoms with Crippen molar-refractivity contribution in [2.45, 2.75) is 26.3 Å². The van der Waals surface area contributed by atoms with Gasteiger partial charge in [0, 0.05) is 31.8 Å². The van der Waals surface area contributed by atoms with Gasteiger partial charge >= 0.3 is 0 Å². The lowest BCUT2D eigenvalue weighted by molar-refractivity contribution is -0.123. The van der Waals surface area contributed by atoms with Gasteiger partial charge in [-0.3, -0.25) is 14.4 Å². The van der Waals surface area contributed by atoms with Crippen molar-refractivity contribution >= 4 is 29.1 Å². The minimum absolute atomic E-state index is 0.131. The van der Waals surface area contributed by atoms with Gasteiger partial charge < -0.3 is 16.0 Å². The number of carbonyl (C=O) groups is 3. The molecule has 0 unspecified atom stereocenters. The predicted molar refractivity (Wildman–Crippen MR) is 77.2 cm³/mol. The standard InChI is InChI=1S/C13H19N3O3S/c1-9(17)14-5-6-15-13(19)8-11(16-10(2)18)12-4-3-7-20-12/h3-4,7,11H,5-6,8H2,1-2H3,(H,14,17)(H,15,19)(H,16,18)/t11-/m1/s1. The second-order valence-corrected chi connectivity index (χ2v) is 5.28. The first-order valence-electron chi connectivity index (χ1n) is 6.30. The molecule has 6 nitrogen and oxygen atoms in total. The fourth-order valence-corrected chi connectivity index (χ4v) is 2.43. The molecule has 1 aromatic heterocycles. The zero-order chi connectivity index (χ0) is 15.0. The van der Waals surface area contributed by atoms with Gasteiger partial charge in [-0.2, -0.15) is 0 Å². The van der Waals surface area contributed by atoms with Gasteiger partial charge in [0.1, 0.15) is 0 Å². The zero-order valence-corrected chi connectivity index (χ0v) is 12.4. The molecule has 0 aliphatic rings. The Labute approximate surface area is 121 Å². The van der Waals surface area contributed by atoms with Crippen molar-refractivity contribution in [2.75, 3.05) is 13.1 Å². The molecular formula is C13H19N3O3S. The molecule has 0 aromatic carbocycles. The summed E-state index contributed by atoms with van der Waals surface area (Å²) in [5, 5.41) is 9.96. The third-order valence-corrected chi connectivity index (χ3v) is 3.46. The van der Waals surface area contributed by atoms with E-state index in [1.54, 1.807) is 0 Å². The van der Waals surface area contributed by atoms with E-state index in [0.717, 1.165) is 4.88 Å². The van der Waals surface area contributed by atoms with Crippen LogP contribution in [0.25, 0.3) is 0 Å². The highest BCUT2D eigenvalue weighted by molar-refractivity contribution is 7.10. The van der Waals surface area contributed by atoms with Crippen molar-refractivity contribution in [1.82, 2.24) is 16.0 Å². The monoisotopic (exact) mass is 297 g/mol. The van der Waals surface area contributed by atoms with Crippen molar-refractivity contribution in [3.8, 4) is 0 Å². The molecule has 0 aliphatic heterocycles. The van der Waals surface area contributed by atoms with Crippen LogP contribution in [0.1, 0.15) is 31.2 Å². The smallest absolute Gasteiger partial charge is 0.222 e. The lowest BCUT2D eigenvalue weighted by Gasteiger charge is -2.16. The second kappa shape index (κ2) is 8.31. The van der Waals surface area contributed by atoms with Crippen molar-refractivity contribution in [2.24, 2.45) is 0 Å². The van der Waals surface area contributed by atoms with Gasteiger partial charge in [0.2, 0.25) is 17.7 Å². The van der Waals surface area contributed by atoms with Crippen LogP contribution in [0.3, 0.4) is 0 Å². The predicted octanol–water partition coefficient (Wildman–Crippen LogP) is 0.568. The quantitative estimate of drug-likeness (QED) is 0.643. The highest BCUT2D eigenvalue weighted by atomic mass is 32.1. The molecular weight excluding hydrogens is 278 g/mol. The number of carbonyl (C=O) groups excluding carboxylic acids is 3. The molecule has 1 atom stereocenters. The Bertz CT molecular complexity index is 459. The Morgan fingerprint density at radius 3 is 2.40 bits per heavy atom. The summed E-state index contributed by atoms with van der Waals surface area (Å²) in [6.07, 6.45) is 0.181. The summed E-state index contributed by atoms with van der Waals surface area (Å²) in [6, 6.07) is 3.45. The molecule has 20 heavy (non-hydrogen) atoms. The highest BCUT2D eigenvalue weighted by Crippen LogP contribution is 2.21. The van der Waals surface area contributed by atoms with Crippen LogP contribution < -0.4 is 16.0 Å². The average Bonchev–Trinajstić information content (AvgIpc) is 2.86. The Kier molecular flexibility index (Phi) is 6.72. The number of thiophene rings is 1. The lowest BCUT2D eigenvalue weighted by Crippen LogP contribution is -2.36. The molecule has 0 fully saturated rings. The minimum atomic E-state index is -0.312. The number of hydrogen-bond acceptors (Lipinski definition) is 4. The van der Waals surface area contributed by atoms with Gasteiger partial charge in [-0.25, -0.2) is 0 Å². The van der Waals surface area contributed by atoms with E-state index in [1.807, 2.05) is 17.5 Å². The maximum Gasteiger partial charge on any atom is 0.222 e. The van der Waals surface area contributed by atoms with Crippen LogP contribution in [0.4, 0.5) is 0 Å². The third kappa shape index (κ3) is 6.33. The van der Waals surface area contributed by atoms with E-state index >= 15 is 0 Å². The van der Waals surface area contributed by atoms with Gasteiger partial charge in [0.05, 0.1) is 12.5 Å². The number of hydrogen-bond donors (Lipinski definition) is 3. The van der Waals surface area contributed by atoms with Crippen LogP contribution in [0, 0.1) is 0 Å². The normalized spacial score (nSPS) is 11.5. The first kappa shape index (κ1) is 16.2. The fourth-order valence-electron chi connectivity index (χ4n) is 1.66. The third-order valence-electron chi connectivity index (χ3n) is 2.47. The van der Waals surface area contributed by atoms with E-state index in [0.29, 0.717) is 13.1 Å². The Morgan fingerprint density at radius 1 is 1.15 bits per heavy atom. The molecule has 0 spiro atoms. The molecule has 0 radical (unpaired) electrons. The molecule has 0 saturated carbocycles. The molecule has 0 aliphatic carbocycles. The van der Waals surface area contributed by atoms with Crippen LogP contribution in [-0.2, 0) is 14.4 Å².